The molecule has 0 aliphatic carbocycles. The summed E-state index contributed by atoms with van der Waals surface area (Å²) in [7, 11) is 0. The van der Waals surface area contributed by atoms with Gasteiger partial charge in [0.2, 0.25) is 0 Å². The molecule has 19 heavy (non-hydrogen) atoms. The van der Waals surface area contributed by atoms with E-state index in [4.69, 9.17) is 5.53 Å². The second kappa shape index (κ2) is 6.84. The van der Waals surface area contributed by atoms with Gasteiger partial charge in [-0.2, -0.15) is 0 Å². The zero-order valence-corrected chi connectivity index (χ0v) is 10.3. The number of nitrogens with zero attached hydrogens (tertiary/aromatic N) is 3. The normalized spacial score (nSPS) is 9.89. The van der Waals surface area contributed by atoms with E-state index in [1.165, 1.54) is 6.20 Å². The van der Waals surface area contributed by atoms with Crippen molar-refractivity contribution in [2.24, 2.45) is 5.11 Å². The number of allylic oxidation sites excluding steroid dienone is 2. The predicted molar refractivity (Wildman–Crippen MR) is 78.2 cm³/mol. The first kappa shape index (κ1) is 12.7. The van der Waals surface area contributed by atoms with Crippen LogP contribution in [0.15, 0.2) is 84.1 Å². The summed E-state index contributed by atoms with van der Waals surface area (Å²) in [5.41, 5.74) is 11.6. The zero-order valence-electron chi connectivity index (χ0n) is 10.3. The Morgan fingerprint density at radius 2 is 1.42 bits per heavy atom. The van der Waals surface area contributed by atoms with Gasteiger partial charge in [0.05, 0.1) is 0 Å². The lowest BCUT2D eigenvalue weighted by atomic mass is 9.98. The second-order valence-electron chi connectivity index (χ2n) is 3.86. The minimum absolute atomic E-state index is 1.09. The van der Waals surface area contributed by atoms with E-state index in [0.29, 0.717) is 0 Å². The Morgan fingerprint density at radius 1 is 0.895 bits per heavy atom. The van der Waals surface area contributed by atoms with Crippen molar-refractivity contribution in [3.63, 3.8) is 0 Å². The average molecular weight is 247 g/mol. The Kier molecular flexibility index (Phi) is 4.57. The first-order valence-electron chi connectivity index (χ1n) is 5.93. The summed E-state index contributed by atoms with van der Waals surface area (Å²) < 4.78 is 0. The fraction of sp³-hybridized carbons (Fsp3) is 0. The SMILES string of the molecule is [N-]=[N+]=N/C=C/C=C(c1ccccc1)c1ccccc1. The monoisotopic (exact) mass is 247 g/mol. The molecule has 0 bridgehead atoms. The van der Waals surface area contributed by atoms with Crippen LogP contribution in [0.1, 0.15) is 11.1 Å². The van der Waals surface area contributed by atoms with Crippen LogP contribution in [-0.2, 0) is 0 Å². The third-order valence-corrected chi connectivity index (χ3v) is 2.64. The summed E-state index contributed by atoms with van der Waals surface area (Å²) in [6.45, 7) is 0. The molecule has 0 N–H and O–H groups in total. The summed E-state index contributed by atoms with van der Waals surface area (Å²) in [5, 5.41) is 3.39. The fourth-order valence-corrected chi connectivity index (χ4v) is 1.80. The Morgan fingerprint density at radius 3 is 1.89 bits per heavy atom. The number of azide groups is 1. The molecule has 0 aromatic heterocycles. The van der Waals surface area contributed by atoms with E-state index >= 15 is 0 Å². The van der Waals surface area contributed by atoms with E-state index in [-0.39, 0.29) is 0 Å². The molecule has 0 aliphatic rings. The van der Waals surface area contributed by atoms with E-state index in [0.717, 1.165) is 16.7 Å². The molecular formula is C16H13N3. The minimum Gasteiger partial charge on any atom is -0.0686 e. The molecule has 0 aliphatic heterocycles. The smallest absolute Gasteiger partial charge is 0.00475 e. The van der Waals surface area contributed by atoms with Gasteiger partial charge in [-0.05, 0) is 22.2 Å². The summed E-state index contributed by atoms with van der Waals surface area (Å²) in [4.78, 5) is 2.69. The maximum absolute atomic E-state index is 8.25. The Balaban J connectivity index is 2.42. The van der Waals surface area contributed by atoms with Gasteiger partial charge in [0.1, 0.15) is 0 Å². The molecule has 3 heteroatoms. The molecule has 0 spiro atoms. The Bertz CT molecular complexity index is 580. The van der Waals surface area contributed by atoms with Crippen LogP contribution in [0.5, 0.6) is 0 Å². The van der Waals surface area contributed by atoms with Gasteiger partial charge >= 0.3 is 0 Å². The highest BCUT2D eigenvalue weighted by molar-refractivity contribution is 5.80. The molecule has 0 unspecified atom stereocenters. The standard InChI is InChI=1S/C16H13N3/c17-19-18-13-7-12-16(14-8-3-1-4-9-14)15-10-5-2-6-11-15/h1-13H/b13-7+. The van der Waals surface area contributed by atoms with Crippen molar-refractivity contribution in [2.75, 3.05) is 0 Å². The van der Waals surface area contributed by atoms with Crippen molar-refractivity contribution in [1.29, 1.82) is 0 Å². The largest absolute Gasteiger partial charge is 0.0686 e. The van der Waals surface area contributed by atoms with Gasteiger partial charge in [0, 0.05) is 11.1 Å². The molecule has 0 fully saturated rings. The molecule has 0 atom stereocenters. The molecular weight excluding hydrogens is 234 g/mol. The molecule has 2 aromatic rings. The van der Waals surface area contributed by atoms with E-state index in [1.807, 2.05) is 42.5 Å². The molecule has 0 saturated heterocycles. The maximum atomic E-state index is 8.25. The van der Waals surface area contributed by atoms with Gasteiger partial charge in [-0.25, -0.2) is 0 Å². The quantitative estimate of drug-likeness (QED) is 0.318. The van der Waals surface area contributed by atoms with Crippen molar-refractivity contribution in [3.8, 4) is 0 Å². The molecule has 2 aromatic carbocycles. The lowest BCUT2D eigenvalue weighted by Crippen LogP contribution is -1.86. The molecule has 92 valence electrons. The summed E-state index contributed by atoms with van der Waals surface area (Å²) >= 11 is 0. The van der Waals surface area contributed by atoms with E-state index in [9.17, 15) is 0 Å². The third kappa shape index (κ3) is 3.60. The lowest BCUT2D eigenvalue weighted by Gasteiger charge is -2.07. The van der Waals surface area contributed by atoms with Gasteiger partial charge in [0.15, 0.2) is 0 Å². The molecule has 0 saturated carbocycles. The fourth-order valence-electron chi connectivity index (χ4n) is 1.80. The Labute approximate surface area is 112 Å². The van der Waals surface area contributed by atoms with Gasteiger partial charge in [-0.3, -0.25) is 0 Å². The van der Waals surface area contributed by atoms with Crippen molar-refractivity contribution >= 4 is 5.57 Å². The lowest BCUT2D eigenvalue weighted by molar-refractivity contribution is 1.50. The van der Waals surface area contributed by atoms with Gasteiger partial charge in [-0.1, -0.05) is 77.9 Å². The van der Waals surface area contributed by atoms with Crippen LogP contribution in [0.3, 0.4) is 0 Å². The van der Waals surface area contributed by atoms with Crippen molar-refractivity contribution < 1.29 is 0 Å². The van der Waals surface area contributed by atoms with Crippen LogP contribution in [0.2, 0.25) is 0 Å². The van der Waals surface area contributed by atoms with E-state index in [1.54, 1.807) is 6.08 Å². The van der Waals surface area contributed by atoms with Crippen molar-refractivity contribution in [1.82, 2.24) is 0 Å². The van der Waals surface area contributed by atoms with Crippen LogP contribution >= 0.6 is 0 Å². The van der Waals surface area contributed by atoms with Crippen molar-refractivity contribution in [3.05, 3.63) is 101 Å². The van der Waals surface area contributed by atoms with E-state index < -0.39 is 0 Å². The maximum Gasteiger partial charge on any atom is 0.00475 e. The molecule has 0 amide bonds. The van der Waals surface area contributed by atoms with Crippen LogP contribution in [-0.4, -0.2) is 0 Å². The predicted octanol–water partition coefficient (Wildman–Crippen LogP) is 4.94. The first-order chi connectivity index (χ1) is 9.42. The first-order valence-corrected chi connectivity index (χ1v) is 5.93. The van der Waals surface area contributed by atoms with Crippen LogP contribution < -0.4 is 0 Å². The van der Waals surface area contributed by atoms with Crippen LogP contribution in [0.25, 0.3) is 16.0 Å². The summed E-state index contributed by atoms with van der Waals surface area (Å²) in [5.74, 6) is 0. The number of hydrogen-bond acceptors (Lipinski definition) is 1. The average Bonchev–Trinajstić information content (AvgIpc) is 2.49. The minimum atomic E-state index is 1.09. The third-order valence-electron chi connectivity index (χ3n) is 2.64. The number of hydrogen-bond donors (Lipinski definition) is 0. The molecule has 0 radical (unpaired) electrons. The highest BCUT2D eigenvalue weighted by Gasteiger charge is 2.02. The van der Waals surface area contributed by atoms with Crippen LogP contribution in [0, 0.1) is 0 Å². The highest BCUT2D eigenvalue weighted by Crippen LogP contribution is 2.22. The van der Waals surface area contributed by atoms with Crippen LogP contribution in [0.4, 0.5) is 0 Å². The summed E-state index contributed by atoms with van der Waals surface area (Å²) in [6, 6.07) is 20.2. The molecule has 3 nitrogen and oxygen atoms in total. The topological polar surface area (TPSA) is 48.8 Å². The van der Waals surface area contributed by atoms with Gasteiger partial charge in [0.25, 0.3) is 0 Å². The van der Waals surface area contributed by atoms with Gasteiger partial charge in [-0.15, -0.1) is 0 Å². The number of benzene rings is 2. The van der Waals surface area contributed by atoms with Crippen molar-refractivity contribution in [2.45, 2.75) is 0 Å². The second-order valence-corrected chi connectivity index (χ2v) is 3.86. The number of rotatable bonds is 4. The zero-order chi connectivity index (χ0) is 13.3. The summed E-state index contributed by atoms with van der Waals surface area (Å²) in [6.07, 6.45) is 5.13. The van der Waals surface area contributed by atoms with Gasteiger partial charge < -0.3 is 0 Å². The molecule has 0 heterocycles. The Hall–Kier alpha value is -2.77. The highest BCUT2D eigenvalue weighted by atomic mass is 15.1. The van der Waals surface area contributed by atoms with E-state index in [2.05, 4.69) is 34.3 Å². The molecule has 2 rings (SSSR count).